The molecule has 1 amide bonds. The van der Waals surface area contributed by atoms with Crippen molar-refractivity contribution >= 4 is 36.7 Å². The molecule has 2 aromatic heterocycles. The minimum Gasteiger partial charge on any atom is -0.756 e. The van der Waals surface area contributed by atoms with Gasteiger partial charge in [0.2, 0.25) is 5.91 Å². The van der Waals surface area contributed by atoms with E-state index in [-0.39, 0.29) is 59.8 Å². The van der Waals surface area contributed by atoms with E-state index in [1.54, 1.807) is 0 Å². The van der Waals surface area contributed by atoms with Crippen molar-refractivity contribution in [1.29, 1.82) is 0 Å². The molecule has 0 bridgehead atoms. The number of phosphoric ester groups is 1. The Kier molecular flexibility index (Phi) is 10.1. The minimum absolute atomic E-state index is 0. The van der Waals surface area contributed by atoms with Crippen molar-refractivity contribution in [3.8, 4) is 0 Å². The van der Waals surface area contributed by atoms with E-state index in [4.69, 9.17) is 18.5 Å². The maximum absolute atomic E-state index is 12.2. The first-order valence-electron chi connectivity index (χ1n) is 10.3. The van der Waals surface area contributed by atoms with Crippen molar-refractivity contribution in [1.82, 2.24) is 19.5 Å². The summed E-state index contributed by atoms with van der Waals surface area (Å²) >= 11 is 0. The van der Waals surface area contributed by atoms with Gasteiger partial charge >= 0.3 is 35.5 Å². The molecule has 2 aliphatic rings. The quantitative estimate of drug-likeness (QED) is 0.230. The molecule has 182 valence electrons. The molecule has 2 aromatic rings. The standard InChI is InChI=1S/C18H24N5O8P.Na.H2O/c1-3-5-11(24)22-16-13-17(20-8-19-16)23(9-21-13)18-15(30-12(25)6-4-2)14-10(29-18)7-28-32(26,27)31-14;;/h8-10,14-15,18H,3-7H2,1-2H3,(H,26,27)(H,19,20,22,24);;1H2/q;+1;/p-1/t10-,14+,15?,18-;;/m1../s1. The summed E-state index contributed by atoms with van der Waals surface area (Å²) in [4.78, 5) is 48.7. The zero-order valence-electron chi connectivity index (χ0n) is 19.0. The number of imidazole rings is 1. The van der Waals surface area contributed by atoms with Crippen LogP contribution in [0.2, 0.25) is 0 Å². The second-order valence-electron chi connectivity index (χ2n) is 7.43. The van der Waals surface area contributed by atoms with E-state index in [0.717, 1.165) is 0 Å². The fourth-order valence-corrected chi connectivity index (χ4v) is 4.57. The number of rotatable bonds is 7. The first-order chi connectivity index (χ1) is 15.3. The van der Waals surface area contributed by atoms with Crippen LogP contribution >= 0.6 is 7.82 Å². The number of anilines is 1. The summed E-state index contributed by atoms with van der Waals surface area (Å²) in [7, 11) is -4.55. The molecular formula is C18H25N5NaO9P. The molecule has 0 radical (unpaired) electrons. The Morgan fingerprint density at radius 1 is 1.26 bits per heavy atom. The molecule has 2 aliphatic heterocycles. The van der Waals surface area contributed by atoms with Crippen molar-refractivity contribution in [3.05, 3.63) is 12.7 Å². The fraction of sp³-hybridized carbons (Fsp3) is 0.611. The molecule has 0 aromatic carbocycles. The average Bonchev–Trinajstić information content (AvgIpc) is 3.30. The number of carbonyl (C=O) groups excluding carboxylic acids is 2. The smallest absolute Gasteiger partial charge is 0.756 e. The Hall–Kier alpha value is -1.48. The number of phosphoric acid groups is 1. The Labute approximate surface area is 216 Å². The van der Waals surface area contributed by atoms with E-state index < -0.39 is 38.3 Å². The topological polar surface area (TPSA) is 198 Å². The third-order valence-electron chi connectivity index (χ3n) is 5.02. The molecule has 16 heteroatoms. The van der Waals surface area contributed by atoms with Crippen LogP contribution in [0, 0.1) is 0 Å². The molecule has 0 aliphatic carbocycles. The Balaban J connectivity index is 0.00000204. The third-order valence-corrected chi connectivity index (χ3v) is 5.99. The number of hydrogen-bond donors (Lipinski definition) is 1. The van der Waals surface area contributed by atoms with E-state index in [9.17, 15) is 19.0 Å². The number of carbonyl (C=O) groups is 2. The first-order valence-corrected chi connectivity index (χ1v) is 11.7. The van der Waals surface area contributed by atoms with Gasteiger partial charge in [-0.05, 0) is 12.8 Å². The summed E-state index contributed by atoms with van der Waals surface area (Å²) in [5, 5.41) is 2.70. The molecule has 4 heterocycles. The van der Waals surface area contributed by atoms with Gasteiger partial charge in [-0.15, -0.1) is 0 Å². The van der Waals surface area contributed by atoms with Gasteiger partial charge in [0.15, 0.2) is 29.3 Å². The second-order valence-corrected chi connectivity index (χ2v) is 8.79. The van der Waals surface area contributed by atoms with Crippen LogP contribution in [0.15, 0.2) is 12.7 Å². The van der Waals surface area contributed by atoms with Gasteiger partial charge < -0.3 is 34.2 Å². The normalized spacial score (nSPS) is 27.9. The number of ether oxygens (including phenoxy) is 2. The van der Waals surface area contributed by atoms with E-state index in [1.807, 2.05) is 13.8 Å². The van der Waals surface area contributed by atoms with Crippen LogP contribution < -0.4 is 39.8 Å². The van der Waals surface area contributed by atoms with E-state index in [0.29, 0.717) is 30.4 Å². The maximum atomic E-state index is 12.2. The van der Waals surface area contributed by atoms with E-state index in [2.05, 4.69) is 20.3 Å². The summed E-state index contributed by atoms with van der Waals surface area (Å²) < 4.78 is 34.7. The van der Waals surface area contributed by atoms with Crippen LogP contribution in [0.5, 0.6) is 0 Å². The Morgan fingerprint density at radius 2 is 2.00 bits per heavy atom. The monoisotopic (exact) mass is 509 g/mol. The molecule has 2 saturated heterocycles. The van der Waals surface area contributed by atoms with Crippen LogP contribution in [0.25, 0.3) is 11.2 Å². The van der Waals surface area contributed by atoms with Gasteiger partial charge in [0.1, 0.15) is 18.5 Å². The molecule has 2 fully saturated rings. The fourth-order valence-electron chi connectivity index (χ4n) is 3.63. The molecule has 14 nitrogen and oxygen atoms in total. The van der Waals surface area contributed by atoms with Gasteiger partial charge in [-0.1, -0.05) is 13.8 Å². The first kappa shape index (κ1) is 28.8. The number of nitrogens with one attached hydrogen (secondary N) is 1. The largest absolute Gasteiger partial charge is 1.00 e. The van der Waals surface area contributed by atoms with Gasteiger partial charge in [-0.2, -0.15) is 0 Å². The van der Waals surface area contributed by atoms with Gasteiger partial charge in [-0.25, -0.2) is 15.0 Å². The van der Waals surface area contributed by atoms with Crippen molar-refractivity contribution < 1.29 is 72.6 Å². The predicted molar refractivity (Wildman–Crippen MR) is 110 cm³/mol. The molecule has 4 rings (SSSR count). The summed E-state index contributed by atoms with van der Waals surface area (Å²) in [5.41, 5.74) is 0.610. The Bertz CT molecular complexity index is 1070. The zero-order valence-corrected chi connectivity index (χ0v) is 21.9. The third kappa shape index (κ3) is 6.01. The molecular weight excluding hydrogens is 484 g/mol. The number of fused-ring (bicyclic) bond motifs is 2. The molecule has 0 saturated carbocycles. The number of hydrogen-bond acceptors (Lipinski definition) is 11. The van der Waals surface area contributed by atoms with Crippen LogP contribution in [0.1, 0.15) is 45.8 Å². The summed E-state index contributed by atoms with van der Waals surface area (Å²) in [6, 6.07) is 0. The van der Waals surface area contributed by atoms with Crippen LogP contribution in [0.3, 0.4) is 0 Å². The van der Waals surface area contributed by atoms with Crippen LogP contribution in [0.4, 0.5) is 5.82 Å². The number of nitrogens with zero attached hydrogens (tertiary/aromatic N) is 4. The zero-order chi connectivity index (χ0) is 22.9. The molecule has 3 N–H and O–H groups in total. The summed E-state index contributed by atoms with van der Waals surface area (Å²) in [6.45, 7) is 3.43. The Morgan fingerprint density at radius 3 is 2.71 bits per heavy atom. The van der Waals surface area contributed by atoms with Crippen LogP contribution in [-0.2, 0) is 32.7 Å². The maximum Gasteiger partial charge on any atom is 1.00 e. The predicted octanol–water partition coefficient (Wildman–Crippen LogP) is -2.76. The van der Waals surface area contributed by atoms with Crippen LogP contribution in [-0.4, -0.2) is 61.8 Å². The number of esters is 1. The number of amides is 1. The summed E-state index contributed by atoms with van der Waals surface area (Å²) in [5.74, 6) is -0.506. The average molecular weight is 509 g/mol. The van der Waals surface area contributed by atoms with Gasteiger partial charge in [0.25, 0.3) is 7.82 Å². The number of aromatic nitrogens is 4. The van der Waals surface area contributed by atoms with Gasteiger partial charge in [0, 0.05) is 12.8 Å². The molecule has 2 unspecified atom stereocenters. The van der Waals surface area contributed by atoms with Crippen molar-refractivity contribution in [2.24, 2.45) is 0 Å². The molecule has 0 spiro atoms. The van der Waals surface area contributed by atoms with E-state index >= 15 is 0 Å². The SMILES string of the molecule is CCCC(=O)Nc1ncnc2c1ncn2[C@@H]1O[C@@H]2COP(=O)([O-])O[C@@H]2C1OC(=O)CCC.O.[Na+]. The van der Waals surface area contributed by atoms with Gasteiger partial charge in [-0.3, -0.25) is 18.7 Å². The molecule has 5 atom stereocenters. The summed E-state index contributed by atoms with van der Waals surface area (Å²) in [6.07, 6.45) is 0.404. The molecule has 34 heavy (non-hydrogen) atoms. The van der Waals surface area contributed by atoms with E-state index in [1.165, 1.54) is 17.2 Å². The second kappa shape index (κ2) is 12.0. The van der Waals surface area contributed by atoms with Crippen molar-refractivity contribution in [3.63, 3.8) is 0 Å². The van der Waals surface area contributed by atoms with Gasteiger partial charge in [0.05, 0.1) is 12.9 Å². The van der Waals surface area contributed by atoms with Crippen molar-refractivity contribution in [2.75, 3.05) is 11.9 Å². The van der Waals surface area contributed by atoms with Crippen molar-refractivity contribution in [2.45, 2.75) is 64.1 Å². The minimum atomic E-state index is -4.55.